The van der Waals surface area contributed by atoms with Gasteiger partial charge >= 0.3 is 0 Å². The lowest BCUT2D eigenvalue weighted by molar-refractivity contribution is 0.471. The summed E-state index contributed by atoms with van der Waals surface area (Å²) >= 11 is 0. The normalized spacial score (nSPS) is 24.8. The van der Waals surface area contributed by atoms with Crippen LogP contribution in [0, 0.1) is 0 Å². The lowest BCUT2D eigenvalue weighted by Gasteiger charge is -2.20. The van der Waals surface area contributed by atoms with Crippen molar-refractivity contribution < 1.29 is 0 Å². The van der Waals surface area contributed by atoms with E-state index in [2.05, 4.69) is 43.6 Å². The minimum atomic E-state index is 0.715. The van der Waals surface area contributed by atoms with Crippen molar-refractivity contribution >= 4 is 0 Å². The number of hydrogen-bond acceptors (Lipinski definition) is 1. The van der Waals surface area contributed by atoms with Gasteiger partial charge in [0.05, 0.1) is 0 Å². The molecular weight excluding hydrogens is 218 g/mol. The predicted octanol–water partition coefficient (Wildman–Crippen LogP) is 4.27. The zero-order chi connectivity index (χ0) is 12.8. The summed E-state index contributed by atoms with van der Waals surface area (Å²) in [5, 5.41) is 3.48. The third kappa shape index (κ3) is 3.58. The van der Waals surface area contributed by atoms with Crippen LogP contribution in [0.4, 0.5) is 0 Å². The van der Waals surface area contributed by atoms with Gasteiger partial charge in [-0.1, -0.05) is 50.5 Å². The first-order chi connectivity index (χ1) is 8.83. The third-order valence-corrected chi connectivity index (χ3v) is 4.29. The zero-order valence-corrected chi connectivity index (χ0v) is 11.9. The van der Waals surface area contributed by atoms with E-state index in [1.807, 2.05) is 0 Å². The Bertz CT molecular complexity index is 358. The van der Waals surface area contributed by atoms with Crippen molar-refractivity contribution in [3.8, 4) is 0 Å². The highest BCUT2D eigenvalue weighted by Gasteiger charge is 2.20. The van der Waals surface area contributed by atoms with Crippen LogP contribution in [0.15, 0.2) is 24.3 Å². The van der Waals surface area contributed by atoms with Gasteiger partial charge in [0.2, 0.25) is 0 Å². The van der Waals surface area contributed by atoms with Gasteiger partial charge in [-0.25, -0.2) is 0 Å². The summed E-state index contributed by atoms with van der Waals surface area (Å²) < 4.78 is 0. The van der Waals surface area contributed by atoms with E-state index in [0.717, 1.165) is 5.92 Å². The second kappa shape index (κ2) is 6.94. The molecule has 0 aliphatic heterocycles. The SMILES string of the molecule is CCCc1cccc(C2CCCCC(NC)C2)c1. The number of nitrogens with one attached hydrogen (secondary N) is 1. The maximum absolute atomic E-state index is 3.48. The van der Waals surface area contributed by atoms with Crippen LogP contribution in [-0.2, 0) is 6.42 Å². The van der Waals surface area contributed by atoms with Crippen LogP contribution in [-0.4, -0.2) is 13.1 Å². The molecule has 100 valence electrons. The topological polar surface area (TPSA) is 12.0 Å². The van der Waals surface area contributed by atoms with Crippen LogP contribution in [0.25, 0.3) is 0 Å². The lowest BCUT2D eigenvalue weighted by Crippen LogP contribution is -2.25. The summed E-state index contributed by atoms with van der Waals surface area (Å²) in [6, 6.07) is 10.0. The Kier molecular flexibility index (Phi) is 5.25. The van der Waals surface area contributed by atoms with Gasteiger partial charge in [-0.05, 0) is 49.8 Å². The van der Waals surface area contributed by atoms with E-state index >= 15 is 0 Å². The first kappa shape index (κ1) is 13.6. The fraction of sp³-hybridized carbons (Fsp3) is 0.647. The summed E-state index contributed by atoms with van der Waals surface area (Å²) in [6.45, 7) is 2.26. The Morgan fingerprint density at radius 2 is 2.06 bits per heavy atom. The Morgan fingerprint density at radius 3 is 2.83 bits per heavy atom. The van der Waals surface area contributed by atoms with Crippen LogP contribution >= 0.6 is 0 Å². The second-order valence-corrected chi connectivity index (χ2v) is 5.70. The Morgan fingerprint density at radius 1 is 1.22 bits per heavy atom. The summed E-state index contributed by atoms with van der Waals surface area (Å²) in [7, 11) is 2.11. The van der Waals surface area contributed by atoms with Crippen LogP contribution in [0.2, 0.25) is 0 Å². The largest absolute Gasteiger partial charge is 0.317 e. The molecule has 1 saturated carbocycles. The maximum Gasteiger partial charge on any atom is 0.00698 e. The van der Waals surface area contributed by atoms with Crippen molar-refractivity contribution in [3.05, 3.63) is 35.4 Å². The molecule has 1 nitrogen and oxygen atoms in total. The molecule has 1 heteroatoms. The monoisotopic (exact) mass is 245 g/mol. The predicted molar refractivity (Wildman–Crippen MR) is 79.1 cm³/mol. The van der Waals surface area contributed by atoms with E-state index in [4.69, 9.17) is 0 Å². The molecule has 18 heavy (non-hydrogen) atoms. The molecule has 0 radical (unpaired) electrons. The van der Waals surface area contributed by atoms with Crippen molar-refractivity contribution in [1.82, 2.24) is 5.32 Å². The van der Waals surface area contributed by atoms with E-state index in [9.17, 15) is 0 Å². The minimum Gasteiger partial charge on any atom is -0.317 e. The zero-order valence-electron chi connectivity index (χ0n) is 11.9. The summed E-state index contributed by atoms with van der Waals surface area (Å²) in [4.78, 5) is 0. The van der Waals surface area contributed by atoms with Crippen molar-refractivity contribution in [2.75, 3.05) is 7.05 Å². The Balaban J connectivity index is 2.10. The van der Waals surface area contributed by atoms with Crippen molar-refractivity contribution in [2.45, 2.75) is 63.8 Å². The number of aryl methyl sites for hydroxylation is 1. The average molecular weight is 245 g/mol. The third-order valence-electron chi connectivity index (χ3n) is 4.29. The molecule has 2 atom stereocenters. The molecule has 1 aliphatic rings. The van der Waals surface area contributed by atoms with E-state index in [1.54, 1.807) is 5.56 Å². The second-order valence-electron chi connectivity index (χ2n) is 5.70. The Hall–Kier alpha value is -0.820. The number of hydrogen-bond donors (Lipinski definition) is 1. The summed E-state index contributed by atoms with van der Waals surface area (Å²) in [5.41, 5.74) is 3.09. The molecule has 1 aromatic carbocycles. The van der Waals surface area contributed by atoms with Gasteiger partial charge in [0.1, 0.15) is 0 Å². The van der Waals surface area contributed by atoms with E-state index < -0.39 is 0 Å². The van der Waals surface area contributed by atoms with E-state index in [1.165, 1.54) is 50.5 Å². The molecule has 0 aromatic heterocycles. The molecule has 0 bridgehead atoms. The van der Waals surface area contributed by atoms with Gasteiger partial charge in [-0.15, -0.1) is 0 Å². The van der Waals surface area contributed by atoms with Gasteiger partial charge in [0.15, 0.2) is 0 Å². The molecule has 0 spiro atoms. The number of benzene rings is 1. The van der Waals surface area contributed by atoms with Crippen molar-refractivity contribution in [2.24, 2.45) is 0 Å². The van der Waals surface area contributed by atoms with E-state index in [0.29, 0.717) is 6.04 Å². The molecule has 1 N–H and O–H groups in total. The van der Waals surface area contributed by atoms with Crippen LogP contribution < -0.4 is 5.32 Å². The van der Waals surface area contributed by atoms with Crippen LogP contribution in [0.3, 0.4) is 0 Å². The maximum atomic E-state index is 3.48. The average Bonchev–Trinajstić information content (AvgIpc) is 2.65. The molecule has 0 heterocycles. The summed E-state index contributed by atoms with van der Waals surface area (Å²) in [5.74, 6) is 0.766. The highest BCUT2D eigenvalue weighted by atomic mass is 14.9. The molecular formula is C17H27N. The first-order valence-electron chi connectivity index (χ1n) is 7.59. The fourth-order valence-electron chi connectivity index (χ4n) is 3.22. The van der Waals surface area contributed by atoms with Crippen LogP contribution in [0.5, 0.6) is 0 Å². The Labute approximate surface area is 112 Å². The highest BCUT2D eigenvalue weighted by Crippen LogP contribution is 2.32. The lowest BCUT2D eigenvalue weighted by atomic mass is 9.89. The molecule has 2 unspecified atom stereocenters. The van der Waals surface area contributed by atoms with Gasteiger partial charge in [0.25, 0.3) is 0 Å². The quantitative estimate of drug-likeness (QED) is 0.781. The van der Waals surface area contributed by atoms with Crippen molar-refractivity contribution in [3.63, 3.8) is 0 Å². The molecule has 1 aliphatic carbocycles. The molecule has 2 rings (SSSR count). The van der Waals surface area contributed by atoms with Crippen LogP contribution in [0.1, 0.15) is 62.5 Å². The molecule has 0 saturated heterocycles. The smallest absolute Gasteiger partial charge is 0.00698 e. The van der Waals surface area contributed by atoms with Gasteiger partial charge < -0.3 is 5.32 Å². The van der Waals surface area contributed by atoms with Gasteiger partial charge in [0, 0.05) is 6.04 Å². The van der Waals surface area contributed by atoms with E-state index in [-0.39, 0.29) is 0 Å². The molecule has 1 fully saturated rings. The van der Waals surface area contributed by atoms with Gasteiger partial charge in [-0.3, -0.25) is 0 Å². The van der Waals surface area contributed by atoms with Crippen molar-refractivity contribution in [1.29, 1.82) is 0 Å². The first-order valence-corrected chi connectivity index (χ1v) is 7.59. The number of rotatable bonds is 4. The standard InChI is InChI=1S/C17H27N/c1-3-7-14-8-6-10-15(12-14)16-9-4-5-11-17(13-16)18-2/h6,8,10,12,16-18H,3-5,7,9,11,13H2,1-2H3. The minimum absolute atomic E-state index is 0.715. The molecule has 1 aromatic rings. The van der Waals surface area contributed by atoms with Gasteiger partial charge in [-0.2, -0.15) is 0 Å². The summed E-state index contributed by atoms with van der Waals surface area (Å²) in [6.07, 6.45) is 9.27. The fourth-order valence-corrected chi connectivity index (χ4v) is 3.22. The molecule has 0 amide bonds. The highest BCUT2D eigenvalue weighted by molar-refractivity contribution is 5.27.